The van der Waals surface area contributed by atoms with Crippen LogP contribution in [0.3, 0.4) is 0 Å². The predicted octanol–water partition coefficient (Wildman–Crippen LogP) is 4.68. The fourth-order valence-corrected chi connectivity index (χ4v) is 3.53. The molecule has 3 nitrogen and oxygen atoms in total. The minimum absolute atomic E-state index is 0.180. The number of halogens is 4. The van der Waals surface area contributed by atoms with Crippen LogP contribution in [0.5, 0.6) is 0 Å². The van der Waals surface area contributed by atoms with Gasteiger partial charge in [0.15, 0.2) is 0 Å². The van der Waals surface area contributed by atoms with Crippen LogP contribution in [-0.2, 0) is 25.9 Å². The molecule has 28 heavy (non-hydrogen) atoms. The minimum atomic E-state index is -4.23. The molecule has 0 amide bonds. The molecule has 3 N–H and O–H groups in total. The quantitative estimate of drug-likeness (QED) is 0.646. The third-order valence-corrected chi connectivity index (χ3v) is 5.39. The SMILES string of the molecule is C[C@@H](NCc1ccc(CNc2c(Cl)ccc3c2CCNCC3)cc1)C(F)(F)F. The molecule has 152 valence electrons. The molecule has 0 bridgehead atoms. The Morgan fingerprint density at radius 1 is 1.00 bits per heavy atom. The maximum absolute atomic E-state index is 12.6. The molecular weight excluding hydrogens is 387 g/mol. The van der Waals surface area contributed by atoms with E-state index in [1.165, 1.54) is 11.1 Å². The van der Waals surface area contributed by atoms with Crippen molar-refractivity contribution in [2.24, 2.45) is 0 Å². The summed E-state index contributed by atoms with van der Waals surface area (Å²) >= 11 is 6.43. The Hall–Kier alpha value is -1.76. The van der Waals surface area contributed by atoms with Gasteiger partial charge in [0.25, 0.3) is 0 Å². The fraction of sp³-hybridized carbons (Fsp3) is 0.429. The van der Waals surface area contributed by atoms with Crippen LogP contribution in [0, 0.1) is 0 Å². The highest BCUT2D eigenvalue weighted by molar-refractivity contribution is 6.33. The van der Waals surface area contributed by atoms with Crippen molar-refractivity contribution in [3.8, 4) is 0 Å². The van der Waals surface area contributed by atoms with E-state index in [1.54, 1.807) is 0 Å². The molecule has 2 aromatic rings. The maximum Gasteiger partial charge on any atom is 0.403 e. The van der Waals surface area contributed by atoms with Crippen LogP contribution < -0.4 is 16.0 Å². The molecule has 0 saturated carbocycles. The molecule has 2 aromatic carbocycles. The fourth-order valence-electron chi connectivity index (χ4n) is 3.29. The molecule has 7 heteroatoms. The van der Waals surface area contributed by atoms with E-state index < -0.39 is 12.2 Å². The lowest BCUT2D eigenvalue weighted by molar-refractivity contribution is -0.151. The molecule has 0 unspecified atom stereocenters. The van der Waals surface area contributed by atoms with Gasteiger partial charge in [-0.1, -0.05) is 41.9 Å². The number of fused-ring (bicyclic) bond motifs is 1. The molecule has 1 aliphatic heterocycles. The lowest BCUT2D eigenvalue weighted by atomic mass is 10.0. The lowest BCUT2D eigenvalue weighted by Crippen LogP contribution is -2.39. The maximum atomic E-state index is 12.6. The van der Waals surface area contributed by atoms with Crippen molar-refractivity contribution in [3.05, 3.63) is 63.7 Å². The Bertz CT molecular complexity index is 791. The third kappa shape index (κ3) is 5.40. The van der Waals surface area contributed by atoms with Crippen molar-refractivity contribution >= 4 is 17.3 Å². The molecule has 0 aromatic heterocycles. The summed E-state index contributed by atoms with van der Waals surface area (Å²) in [4.78, 5) is 0. The van der Waals surface area contributed by atoms with Gasteiger partial charge in [0.1, 0.15) is 6.04 Å². The Labute approximate surface area is 168 Å². The zero-order valence-electron chi connectivity index (χ0n) is 15.8. The smallest absolute Gasteiger partial charge is 0.380 e. The average molecular weight is 412 g/mol. The van der Waals surface area contributed by atoms with Crippen molar-refractivity contribution in [2.75, 3.05) is 18.4 Å². The van der Waals surface area contributed by atoms with Gasteiger partial charge < -0.3 is 16.0 Å². The van der Waals surface area contributed by atoms with E-state index in [-0.39, 0.29) is 6.54 Å². The zero-order chi connectivity index (χ0) is 20.1. The summed E-state index contributed by atoms with van der Waals surface area (Å²) < 4.78 is 37.7. The molecular formula is C21H25ClF3N3. The Balaban J connectivity index is 1.61. The predicted molar refractivity (Wildman–Crippen MR) is 108 cm³/mol. The van der Waals surface area contributed by atoms with Crippen LogP contribution in [0.2, 0.25) is 5.02 Å². The second-order valence-electron chi connectivity index (χ2n) is 7.12. The van der Waals surface area contributed by atoms with Gasteiger partial charge in [0.05, 0.1) is 10.7 Å². The van der Waals surface area contributed by atoms with Crippen molar-refractivity contribution in [1.82, 2.24) is 10.6 Å². The van der Waals surface area contributed by atoms with Gasteiger partial charge >= 0.3 is 6.18 Å². The Morgan fingerprint density at radius 3 is 2.32 bits per heavy atom. The first kappa shape index (κ1) is 21.0. The van der Waals surface area contributed by atoms with Crippen molar-refractivity contribution in [2.45, 2.75) is 45.1 Å². The highest BCUT2D eigenvalue weighted by Gasteiger charge is 2.35. The first-order valence-electron chi connectivity index (χ1n) is 9.47. The van der Waals surface area contributed by atoms with Crippen LogP contribution in [0.4, 0.5) is 18.9 Å². The Morgan fingerprint density at radius 2 is 1.64 bits per heavy atom. The van der Waals surface area contributed by atoms with E-state index >= 15 is 0 Å². The summed E-state index contributed by atoms with van der Waals surface area (Å²) in [5.41, 5.74) is 5.43. The van der Waals surface area contributed by atoms with E-state index in [0.717, 1.165) is 49.7 Å². The minimum Gasteiger partial charge on any atom is -0.380 e. The molecule has 0 fully saturated rings. The average Bonchev–Trinajstić information content (AvgIpc) is 2.91. The van der Waals surface area contributed by atoms with E-state index in [4.69, 9.17) is 11.6 Å². The largest absolute Gasteiger partial charge is 0.403 e. The van der Waals surface area contributed by atoms with Gasteiger partial charge in [0.2, 0.25) is 0 Å². The summed E-state index contributed by atoms with van der Waals surface area (Å²) in [6, 6.07) is 10.1. The van der Waals surface area contributed by atoms with Crippen LogP contribution in [0.1, 0.15) is 29.2 Å². The zero-order valence-corrected chi connectivity index (χ0v) is 16.6. The molecule has 1 aliphatic rings. The van der Waals surface area contributed by atoms with Crippen LogP contribution >= 0.6 is 11.6 Å². The van der Waals surface area contributed by atoms with Gasteiger partial charge in [-0.25, -0.2) is 0 Å². The number of nitrogens with one attached hydrogen (secondary N) is 3. The number of hydrogen-bond donors (Lipinski definition) is 3. The number of anilines is 1. The summed E-state index contributed by atoms with van der Waals surface area (Å²) in [6.07, 6.45) is -2.31. The van der Waals surface area contributed by atoms with Gasteiger partial charge in [-0.3, -0.25) is 0 Å². The lowest BCUT2D eigenvalue weighted by Gasteiger charge is -2.18. The normalized spacial score (nSPS) is 15.6. The van der Waals surface area contributed by atoms with E-state index in [2.05, 4.69) is 22.0 Å². The molecule has 0 aliphatic carbocycles. The standard InChI is InChI=1S/C21H25ClF3N3/c1-14(21(23,24)25)27-12-15-2-4-16(5-3-15)13-28-20-18-9-11-26-10-8-17(18)6-7-19(20)22/h2-7,14,26-28H,8-13H2,1H3/t14-/m1/s1. The monoisotopic (exact) mass is 411 g/mol. The topological polar surface area (TPSA) is 36.1 Å². The molecule has 1 atom stereocenters. The first-order valence-corrected chi connectivity index (χ1v) is 9.85. The summed E-state index contributed by atoms with van der Waals surface area (Å²) in [5.74, 6) is 0. The highest BCUT2D eigenvalue weighted by Crippen LogP contribution is 2.31. The number of hydrogen-bond acceptors (Lipinski definition) is 3. The van der Waals surface area contributed by atoms with Crippen molar-refractivity contribution in [1.29, 1.82) is 0 Å². The first-order chi connectivity index (χ1) is 13.3. The van der Waals surface area contributed by atoms with E-state index in [9.17, 15) is 13.2 Å². The van der Waals surface area contributed by atoms with Crippen LogP contribution in [-0.4, -0.2) is 25.3 Å². The number of alkyl halides is 3. The second-order valence-corrected chi connectivity index (χ2v) is 7.53. The van der Waals surface area contributed by atoms with Crippen LogP contribution in [0.15, 0.2) is 36.4 Å². The van der Waals surface area contributed by atoms with E-state index in [1.807, 2.05) is 30.3 Å². The van der Waals surface area contributed by atoms with Crippen molar-refractivity contribution in [3.63, 3.8) is 0 Å². The van der Waals surface area contributed by atoms with Crippen LogP contribution in [0.25, 0.3) is 0 Å². The summed E-state index contributed by atoms with van der Waals surface area (Å²) in [7, 11) is 0. The molecule has 1 heterocycles. The van der Waals surface area contributed by atoms with Gasteiger partial charge in [-0.15, -0.1) is 0 Å². The van der Waals surface area contributed by atoms with Gasteiger partial charge in [-0.2, -0.15) is 13.2 Å². The third-order valence-electron chi connectivity index (χ3n) is 5.08. The van der Waals surface area contributed by atoms with Gasteiger partial charge in [-0.05, 0) is 61.2 Å². The second kappa shape index (κ2) is 9.16. The number of benzene rings is 2. The van der Waals surface area contributed by atoms with Gasteiger partial charge in [0, 0.05) is 13.1 Å². The Kier molecular flexibility index (Phi) is 6.86. The summed E-state index contributed by atoms with van der Waals surface area (Å²) in [5, 5.41) is 10.1. The van der Waals surface area contributed by atoms with Crippen molar-refractivity contribution < 1.29 is 13.2 Å². The summed E-state index contributed by atoms with van der Waals surface area (Å²) in [6.45, 7) is 3.81. The highest BCUT2D eigenvalue weighted by atomic mass is 35.5. The van der Waals surface area contributed by atoms with E-state index in [0.29, 0.717) is 11.6 Å². The molecule has 0 saturated heterocycles. The number of rotatable bonds is 6. The molecule has 0 radical (unpaired) electrons. The molecule has 0 spiro atoms. The molecule has 3 rings (SSSR count).